The molecule has 34 heavy (non-hydrogen) atoms. The zero-order valence-electron chi connectivity index (χ0n) is 18.4. The molecule has 3 amide bonds. The third kappa shape index (κ3) is 5.37. The van der Waals surface area contributed by atoms with Gasteiger partial charge in [0.1, 0.15) is 5.82 Å². The molecule has 9 heteroatoms. The van der Waals surface area contributed by atoms with Crippen LogP contribution in [0.2, 0.25) is 0 Å². The Kier molecular flexibility index (Phi) is 6.82. The number of nitrogens with one attached hydrogen (secondary N) is 2. The molecule has 0 radical (unpaired) electrons. The van der Waals surface area contributed by atoms with E-state index in [2.05, 4.69) is 15.6 Å². The molecule has 4 rings (SSSR count). The Hall–Kier alpha value is -4.27. The molecule has 2 unspecified atom stereocenters. The number of ether oxygens (including phenoxy) is 1. The molecule has 8 nitrogen and oxygen atoms in total. The highest BCUT2D eigenvalue weighted by Gasteiger charge is 2.47. The van der Waals surface area contributed by atoms with Crippen molar-refractivity contribution in [2.24, 2.45) is 0 Å². The zero-order chi connectivity index (χ0) is 24.1. The summed E-state index contributed by atoms with van der Waals surface area (Å²) < 4.78 is 19.0. The average molecular weight is 462 g/mol. The largest absolute Gasteiger partial charge is 0.438 e. The molecule has 2 N–H and O–H groups in total. The summed E-state index contributed by atoms with van der Waals surface area (Å²) in [4.78, 5) is 42.9. The van der Waals surface area contributed by atoms with Gasteiger partial charge in [-0.25, -0.2) is 9.18 Å². The Morgan fingerprint density at radius 3 is 2.50 bits per heavy atom. The minimum atomic E-state index is -0.980. The van der Waals surface area contributed by atoms with E-state index in [1.165, 1.54) is 24.0 Å². The normalized spacial score (nSPS) is 17.2. The molecule has 1 fully saturated rings. The van der Waals surface area contributed by atoms with Gasteiger partial charge in [-0.1, -0.05) is 24.3 Å². The third-order valence-electron chi connectivity index (χ3n) is 5.37. The molecule has 0 spiro atoms. The van der Waals surface area contributed by atoms with Crippen molar-refractivity contribution in [3.05, 3.63) is 95.6 Å². The van der Waals surface area contributed by atoms with Crippen molar-refractivity contribution in [1.82, 2.24) is 15.2 Å². The van der Waals surface area contributed by atoms with Gasteiger partial charge in [-0.3, -0.25) is 19.5 Å². The first-order valence-electron chi connectivity index (χ1n) is 10.7. The van der Waals surface area contributed by atoms with E-state index in [0.717, 1.165) is 5.56 Å². The molecule has 1 aromatic heterocycles. The number of cyclic esters (lactones) is 1. The van der Waals surface area contributed by atoms with Crippen LogP contribution in [0, 0.1) is 5.82 Å². The van der Waals surface area contributed by atoms with Gasteiger partial charge in [-0.05, 0) is 53.1 Å². The summed E-state index contributed by atoms with van der Waals surface area (Å²) >= 11 is 0. The van der Waals surface area contributed by atoms with Crippen molar-refractivity contribution < 1.29 is 23.5 Å². The first-order chi connectivity index (χ1) is 16.4. The summed E-state index contributed by atoms with van der Waals surface area (Å²) in [7, 11) is 0. The van der Waals surface area contributed by atoms with Crippen LogP contribution in [0.4, 0.5) is 14.9 Å². The van der Waals surface area contributed by atoms with Gasteiger partial charge in [0.2, 0.25) is 11.8 Å². The molecule has 2 atom stereocenters. The zero-order valence-corrected chi connectivity index (χ0v) is 18.4. The second-order valence-corrected chi connectivity index (χ2v) is 7.88. The quantitative estimate of drug-likeness (QED) is 0.559. The van der Waals surface area contributed by atoms with E-state index in [1.807, 2.05) is 0 Å². The van der Waals surface area contributed by atoms with Crippen LogP contribution in [0.5, 0.6) is 0 Å². The van der Waals surface area contributed by atoms with Crippen molar-refractivity contribution >= 4 is 23.6 Å². The molecular weight excluding hydrogens is 439 g/mol. The molecule has 3 aromatic rings. The van der Waals surface area contributed by atoms with Crippen molar-refractivity contribution in [1.29, 1.82) is 0 Å². The predicted molar refractivity (Wildman–Crippen MR) is 122 cm³/mol. The van der Waals surface area contributed by atoms with E-state index in [-0.39, 0.29) is 19.0 Å². The summed E-state index contributed by atoms with van der Waals surface area (Å²) in [6.07, 6.45) is 1.68. The van der Waals surface area contributed by atoms with Crippen LogP contribution >= 0.6 is 0 Å². The maximum absolute atomic E-state index is 13.4. The third-order valence-corrected chi connectivity index (χ3v) is 5.37. The SMILES string of the molecule is CC(=O)Nc1cccc(C2OC(=O)N(Cc3ccc(F)cc3)C2C(=O)NCc2ccncc2)c1. The fraction of sp³-hybridized carbons (Fsp3) is 0.200. The molecule has 2 heterocycles. The topological polar surface area (TPSA) is 101 Å². The van der Waals surface area contributed by atoms with Crippen molar-refractivity contribution in [3.8, 4) is 0 Å². The average Bonchev–Trinajstić information content (AvgIpc) is 3.15. The highest BCUT2D eigenvalue weighted by atomic mass is 19.1. The number of amides is 3. The molecule has 2 aromatic carbocycles. The Morgan fingerprint density at radius 2 is 1.79 bits per heavy atom. The minimum absolute atomic E-state index is 0.0638. The summed E-state index contributed by atoms with van der Waals surface area (Å²) in [6, 6.07) is 15.1. The van der Waals surface area contributed by atoms with Crippen LogP contribution in [0.1, 0.15) is 29.7 Å². The molecule has 0 bridgehead atoms. The number of aromatic nitrogens is 1. The van der Waals surface area contributed by atoms with Crippen LogP contribution in [0.3, 0.4) is 0 Å². The number of pyridine rings is 1. The van der Waals surface area contributed by atoms with E-state index in [9.17, 15) is 18.8 Å². The number of benzene rings is 2. The Balaban J connectivity index is 1.62. The highest BCUT2D eigenvalue weighted by molar-refractivity contribution is 5.90. The standard InChI is InChI=1S/C25H23FN4O4/c1-16(31)29-21-4-2-3-19(13-21)23-22(24(32)28-14-17-9-11-27-12-10-17)30(25(33)34-23)15-18-5-7-20(26)8-6-18/h2-13,22-23H,14-15H2,1H3,(H,28,32)(H,29,31). The molecule has 0 saturated carbocycles. The second kappa shape index (κ2) is 10.1. The van der Waals surface area contributed by atoms with Gasteiger partial charge < -0.3 is 15.4 Å². The molecule has 1 aliphatic heterocycles. The number of halogens is 1. The van der Waals surface area contributed by atoms with E-state index in [1.54, 1.807) is 60.9 Å². The predicted octanol–water partition coefficient (Wildman–Crippen LogP) is 3.56. The number of carbonyl (C=O) groups excluding carboxylic acids is 3. The van der Waals surface area contributed by atoms with Crippen LogP contribution in [0.25, 0.3) is 0 Å². The van der Waals surface area contributed by atoms with Gasteiger partial charge in [-0.15, -0.1) is 0 Å². The van der Waals surface area contributed by atoms with Crippen LogP contribution in [-0.2, 0) is 27.4 Å². The summed E-state index contributed by atoms with van der Waals surface area (Å²) in [5, 5.41) is 5.55. The van der Waals surface area contributed by atoms with Crippen LogP contribution < -0.4 is 10.6 Å². The first-order valence-corrected chi connectivity index (χ1v) is 10.7. The number of rotatable bonds is 7. The lowest BCUT2D eigenvalue weighted by molar-refractivity contribution is -0.126. The number of nitrogens with zero attached hydrogens (tertiary/aromatic N) is 2. The van der Waals surface area contributed by atoms with E-state index in [0.29, 0.717) is 16.8 Å². The summed E-state index contributed by atoms with van der Waals surface area (Å²) in [6.45, 7) is 1.70. The van der Waals surface area contributed by atoms with Gasteiger partial charge in [0.15, 0.2) is 12.1 Å². The molecule has 0 aliphatic carbocycles. The molecule has 1 saturated heterocycles. The van der Waals surface area contributed by atoms with Gasteiger partial charge >= 0.3 is 6.09 Å². The smallest absolute Gasteiger partial charge is 0.411 e. The fourth-order valence-electron chi connectivity index (χ4n) is 3.79. The summed E-state index contributed by atoms with van der Waals surface area (Å²) in [5.74, 6) is -1.04. The number of hydrogen-bond acceptors (Lipinski definition) is 5. The number of anilines is 1. The van der Waals surface area contributed by atoms with Crippen LogP contribution in [-0.4, -0.2) is 33.8 Å². The maximum Gasteiger partial charge on any atom is 0.411 e. The van der Waals surface area contributed by atoms with E-state index >= 15 is 0 Å². The fourth-order valence-corrected chi connectivity index (χ4v) is 3.79. The van der Waals surface area contributed by atoms with Gasteiger partial charge in [0.05, 0.1) is 6.54 Å². The Morgan fingerprint density at radius 1 is 1.06 bits per heavy atom. The van der Waals surface area contributed by atoms with E-state index < -0.39 is 30.0 Å². The lowest BCUT2D eigenvalue weighted by Gasteiger charge is -2.24. The van der Waals surface area contributed by atoms with Gasteiger partial charge in [0, 0.05) is 31.5 Å². The highest BCUT2D eigenvalue weighted by Crippen LogP contribution is 2.35. The number of hydrogen-bond donors (Lipinski definition) is 2. The monoisotopic (exact) mass is 462 g/mol. The molecule has 1 aliphatic rings. The van der Waals surface area contributed by atoms with Gasteiger partial charge in [-0.2, -0.15) is 0 Å². The number of carbonyl (C=O) groups is 3. The Bertz CT molecular complexity index is 1190. The lowest BCUT2D eigenvalue weighted by Crippen LogP contribution is -2.46. The van der Waals surface area contributed by atoms with E-state index in [4.69, 9.17) is 4.74 Å². The van der Waals surface area contributed by atoms with Crippen LogP contribution in [0.15, 0.2) is 73.1 Å². The lowest BCUT2D eigenvalue weighted by atomic mass is 10.00. The molecule has 174 valence electrons. The van der Waals surface area contributed by atoms with Gasteiger partial charge in [0.25, 0.3) is 0 Å². The second-order valence-electron chi connectivity index (χ2n) is 7.88. The minimum Gasteiger partial charge on any atom is -0.438 e. The summed E-state index contributed by atoms with van der Waals surface area (Å²) in [5.41, 5.74) is 2.58. The van der Waals surface area contributed by atoms with Crippen molar-refractivity contribution in [2.45, 2.75) is 32.2 Å². The molecular formula is C25H23FN4O4. The Labute approximate surface area is 195 Å². The first kappa shape index (κ1) is 22.9. The maximum atomic E-state index is 13.4. The van der Waals surface area contributed by atoms with Crippen molar-refractivity contribution in [3.63, 3.8) is 0 Å². The van der Waals surface area contributed by atoms with Crippen molar-refractivity contribution in [2.75, 3.05) is 5.32 Å².